The molecule has 0 bridgehead atoms. The first-order valence-corrected chi connectivity index (χ1v) is 7.49. The smallest absolute Gasteiger partial charge is 0.267 e. The number of hydrogen-bond acceptors (Lipinski definition) is 6. The highest BCUT2D eigenvalue weighted by Gasteiger charge is 2.52. The van der Waals surface area contributed by atoms with Crippen molar-refractivity contribution in [2.75, 3.05) is 12.4 Å². The van der Waals surface area contributed by atoms with E-state index in [-0.39, 0.29) is 5.91 Å². The Kier molecular flexibility index (Phi) is 2.83. The van der Waals surface area contributed by atoms with E-state index in [0.29, 0.717) is 5.75 Å². The molecule has 1 atom stereocenters. The predicted octanol–water partition coefficient (Wildman–Crippen LogP) is 1.89. The molecule has 22 heavy (non-hydrogen) atoms. The van der Waals surface area contributed by atoms with E-state index in [1.807, 2.05) is 30.3 Å². The average Bonchev–Trinajstić information content (AvgIpc) is 3.12. The van der Waals surface area contributed by atoms with Crippen molar-refractivity contribution >= 4 is 28.4 Å². The Morgan fingerprint density at radius 1 is 1.23 bits per heavy atom. The van der Waals surface area contributed by atoms with Crippen molar-refractivity contribution in [1.29, 1.82) is 0 Å². The van der Waals surface area contributed by atoms with Gasteiger partial charge in [0, 0.05) is 29.6 Å². The molecule has 2 aromatic rings. The van der Waals surface area contributed by atoms with Crippen molar-refractivity contribution in [3.63, 3.8) is 0 Å². The SMILES string of the molecule is COc1ccc2c(c1)NC(=O)C21NN=C(c2ccncc2)S1. The van der Waals surface area contributed by atoms with Crippen LogP contribution in [0.3, 0.4) is 0 Å². The number of benzene rings is 1. The molecule has 0 saturated heterocycles. The van der Waals surface area contributed by atoms with Gasteiger partial charge in [-0.2, -0.15) is 5.10 Å². The number of carbonyl (C=O) groups is 1. The average molecular weight is 312 g/mol. The maximum Gasteiger partial charge on any atom is 0.267 e. The Morgan fingerprint density at radius 3 is 2.82 bits per heavy atom. The molecule has 7 heteroatoms. The van der Waals surface area contributed by atoms with Gasteiger partial charge in [-0.25, -0.2) is 0 Å². The molecular weight excluding hydrogens is 300 g/mol. The summed E-state index contributed by atoms with van der Waals surface area (Å²) in [4.78, 5) is 15.6. The molecule has 4 rings (SSSR count). The number of hydrazone groups is 1. The fourth-order valence-corrected chi connectivity index (χ4v) is 3.70. The molecule has 0 fully saturated rings. The van der Waals surface area contributed by atoms with Crippen molar-refractivity contribution < 1.29 is 9.53 Å². The normalized spacial score (nSPS) is 22.0. The first-order chi connectivity index (χ1) is 10.7. The van der Waals surface area contributed by atoms with Crippen LogP contribution in [0.5, 0.6) is 5.75 Å². The van der Waals surface area contributed by atoms with Crippen molar-refractivity contribution in [3.8, 4) is 5.75 Å². The largest absolute Gasteiger partial charge is 0.497 e. The minimum Gasteiger partial charge on any atom is -0.497 e. The third kappa shape index (κ3) is 1.79. The molecule has 3 heterocycles. The monoisotopic (exact) mass is 312 g/mol. The van der Waals surface area contributed by atoms with Crippen molar-refractivity contribution in [2.24, 2.45) is 5.10 Å². The Labute approximate surface area is 131 Å². The van der Waals surface area contributed by atoms with Gasteiger partial charge in [0.05, 0.1) is 12.8 Å². The van der Waals surface area contributed by atoms with Crippen LogP contribution in [0.4, 0.5) is 5.69 Å². The molecule has 1 aromatic heterocycles. The Bertz CT molecular complexity index is 793. The molecule has 110 valence electrons. The molecular formula is C15H12N4O2S. The van der Waals surface area contributed by atoms with Gasteiger partial charge in [-0.1, -0.05) is 11.8 Å². The number of rotatable bonds is 2. The second-order valence-electron chi connectivity index (χ2n) is 4.91. The summed E-state index contributed by atoms with van der Waals surface area (Å²) in [6, 6.07) is 9.28. The van der Waals surface area contributed by atoms with Crippen LogP contribution in [-0.4, -0.2) is 23.0 Å². The van der Waals surface area contributed by atoms with Gasteiger partial charge in [-0.3, -0.25) is 15.2 Å². The van der Waals surface area contributed by atoms with E-state index in [1.54, 1.807) is 19.5 Å². The lowest BCUT2D eigenvalue weighted by Crippen LogP contribution is -2.39. The zero-order valence-electron chi connectivity index (χ0n) is 11.7. The molecule has 2 aliphatic rings. The number of methoxy groups -OCH3 is 1. The summed E-state index contributed by atoms with van der Waals surface area (Å²) in [6.07, 6.45) is 3.41. The fourth-order valence-electron chi connectivity index (χ4n) is 2.54. The molecule has 2 aliphatic heterocycles. The van der Waals surface area contributed by atoms with E-state index < -0.39 is 4.87 Å². The molecule has 0 aliphatic carbocycles. The second-order valence-corrected chi connectivity index (χ2v) is 6.12. The van der Waals surface area contributed by atoms with E-state index in [0.717, 1.165) is 21.9 Å². The first-order valence-electron chi connectivity index (χ1n) is 6.67. The standard InChI is InChI=1S/C15H12N4O2S/c1-21-10-2-3-11-12(8-10)17-14(20)15(11)19-18-13(22-15)9-4-6-16-7-5-9/h2-8,19H,1H3,(H,17,20). The van der Waals surface area contributed by atoms with Crippen LogP contribution in [0.1, 0.15) is 11.1 Å². The van der Waals surface area contributed by atoms with Crippen LogP contribution in [0.2, 0.25) is 0 Å². The number of thioether (sulfide) groups is 1. The summed E-state index contributed by atoms with van der Waals surface area (Å²) in [5, 5.41) is 8.00. The summed E-state index contributed by atoms with van der Waals surface area (Å²) < 4.78 is 5.20. The minimum atomic E-state index is -0.916. The maximum atomic E-state index is 12.5. The molecule has 0 saturated carbocycles. The molecule has 0 radical (unpaired) electrons. The quantitative estimate of drug-likeness (QED) is 0.886. The highest BCUT2D eigenvalue weighted by Crippen LogP contribution is 2.48. The van der Waals surface area contributed by atoms with Crippen molar-refractivity contribution in [3.05, 3.63) is 53.9 Å². The number of fused-ring (bicyclic) bond motifs is 2. The Morgan fingerprint density at radius 2 is 2.05 bits per heavy atom. The highest BCUT2D eigenvalue weighted by molar-refractivity contribution is 8.16. The molecule has 6 nitrogen and oxygen atoms in total. The topological polar surface area (TPSA) is 75.6 Å². The van der Waals surface area contributed by atoms with E-state index in [2.05, 4.69) is 20.8 Å². The summed E-state index contributed by atoms with van der Waals surface area (Å²) in [7, 11) is 1.60. The number of nitrogens with one attached hydrogen (secondary N) is 2. The van der Waals surface area contributed by atoms with Gasteiger partial charge in [0.15, 0.2) is 0 Å². The minimum absolute atomic E-state index is 0.131. The number of aromatic nitrogens is 1. The van der Waals surface area contributed by atoms with Crippen LogP contribution >= 0.6 is 11.8 Å². The summed E-state index contributed by atoms with van der Waals surface area (Å²) in [5.41, 5.74) is 5.53. The van der Waals surface area contributed by atoms with Gasteiger partial charge in [0.1, 0.15) is 10.8 Å². The third-order valence-corrected chi connectivity index (χ3v) is 4.99. The first kappa shape index (κ1) is 13.1. The van der Waals surface area contributed by atoms with Gasteiger partial charge < -0.3 is 10.1 Å². The second kappa shape index (κ2) is 4.74. The van der Waals surface area contributed by atoms with Crippen molar-refractivity contribution in [1.82, 2.24) is 10.4 Å². The number of ether oxygens (including phenoxy) is 1. The number of anilines is 1. The lowest BCUT2D eigenvalue weighted by atomic mass is 10.1. The van der Waals surface area contributed by atoms with Gasteiger partial charge in [-0.05, 0) is 24.3 Å². The van der Waals surface area contributed by atoms with Crippen LogP contribution in [0, 0.1) is 0 Å². The fraction of sp³-hybridized carbons (Fsp3) is 0.133. The zero-order chi connectivity index (χ0) is 15.2. The van der Waals surface area contributed by atoms with Gasteiger partial charge in [0.25, 0.3) is 5.91 Å². The lowest BCUT2D eigenvalue weighted by Gasteiger charge is -2.19. The number of hydrogen-bond donors (Lipinski definition) is 2. The number of carbonyl (C=O) groups excluding carboxylic acids is 1. The van der Waals surface area contributed by atoms with Crippen LogP contribution in [-0.2, 0) is 9.67 Å². The third-order valence-electron chi connectivity index (χ3n) is 3.67. The summed E-state index contributed by atoms with van der Waals surface area (Å²) >= 11 is 1.40. The Hall–Kier alpha value is -2.54. The number of pyridine rings is 1. The van der Waals surface area contributed by atoms with Gasteiger partial charge in [-0.15, -0.1) is 0 Å². The van der Waals surface area contributed by atoms with Gasteiger partial charge >= 0.3 is 0 Å². The van der Waals surface area contributed by atoms with Crippen LogP contribution < -0.4 is 15.5 Å². The lowest BCUT2D eigenvalue weighted by molar-refractivity contribution is -0.118. The molecule has 1 aromatic carbocycles. The van der Waals surface area contributed by atoms with E-state index >= 15 is 0 Å². The van der Waals surface area contributed by atoms with Crippen LogP contribution in [0.25, 0.3) is 0 Å². The number of amides is 1. The molecule has 1 amide bonds. The van der Waals surface area contributed by atoms with E-state index in [9.17, 15) is 4.79 Å². The predicted molar refractivity (Wildman–Crippen MR) is 84.8 cm³/mol. The molecule has 2 N–H and O–H groups in total. The molecule has 1 spiro atoms. The Balaban J connectivity index is 1.72. The maximum absolute atomic E-state index is 12.5. The van der Waals surface area contributed by atoms with Crippen molar-refractivity contribution in [2.45, 2.75) is 4.87 Å². The van der Waals surface area contributed by atoms with Gasteiger partial charge in [0.2, 0.25) is 4.87 Å². The van der Waals surface area contributed by atoms with E-state index in [4.69, 9.17) is 4.74 Å². The highest BCUT2D eigenvalue weighted by atomic mass is 32.2. The summed E-state index contributed by atoms with van der Waals surface area (Å²) in [5.74, 6) is 0.572. The molecule has 1 unspecified atom stereocenters. The summed E-state index contributed by atoms with van der Waals surface area (Å²) in [6.45, 7) is 0. The van der Waals surface area contributed by atoms with E-state index in [1.165, 1.54) is 11.8 Å². The zero-order valence-corrected chi connectivity index (χ0v) is 12.5. The number of nitrogens with zero attached hydrogens (tertiary/aromatic N) is 2. The van der Waals surface area contributed by atoms with Crippen LogP contribution in [0.15, 0.2) is 47.8 Å².